The highest BCUT2D eigenvalue weighted by molar-refractivity contribution is 6.29. The summed E-state index contributed by atoms with van der Waals surface area (Å²) in [4.78, 5) is 34.3. The number of hydrogen-bond donors (Lipinski definition) is 1. The number of hydrogen-bond acceptors (Lipinski definition) is 5. The number of amides is 2. The van der Waals surface area contributed by atoms with Crippen LogP contribution in [0.5, 0.6) is 0 Å². The van der Waals surface area contributed by atoms with Gasteiger partial charge in [0.25, 0.3) is 0 Å². The number of aromatic nitrogens is 2. The van der Waals surface area contributed by atoms with E-state index in [4.69, 9.17) is 16.3 Å². The van der Waals surface area contributed by atoms with Crippen LogP contribution in [0.2, 0.25) is 5.15 Å². The second-order valence-electron chi connectivity index (χ2n) is 6.92. The summed E-state index contributed by atoms with van der Waals surface area (Å²) in [5, 5.41) is 2.86. The number of fused-ring (bicyclic) bond motifs is 1. The summed E-state index contributed by atoms with van der Waals surface area (Å²) in [5.41, 5.74) is -0.594. The number of nitrogens with one attached hydrogen (secondary N) is 1. The first-order chi connectivity index (χ1) is 10.7. The third-order valence-electron chi connectivity index (χ3n) is 3.87. The molecular formula is C15H19ClN4O3. The van der Waals surface area contributed by atoms with E-state index in [0.717, 1.165) is 6.42 Å². The molecule has 1 aliphatic heterocycles. The molecule has 23 heavy (non-hydrogen) atoms. The molecule has 3 atom stereocenters. The predicted molar refractivity (Wildman–Crippen MR) is 84.0 cm³/mol. The molecule has 0 bridgehead atoms. The number of ether oxygens (including phenoxy) is 1. The standard InChI is InChI=1S/C15H19ClN4O3/c1-15(2,3)23-14(22)20-9-4-8(9)5-10(20)13(21)19-12-7-17-6-11(16)18-12/h6-10H,4-5H2,1-3H3,(H,18,19,21)/t8-,9-,10-/m1/s1. The number of carbonyl (C=O) groups excluding carboxylic acids is 2. The Morgan fingerprint density at radius 3 is 2.74 bits per heavy atom. The molecule has 2 amide bonds. The minimum Gasteiger partial charge on any atom is -0.444 e. The van der Waals surface area contributed by atoms with Crippen molar-refractivity contribution in [3.05, 3.63) is 17.5 Å². The van der Waals surface area contributed by atoms with Crippen LogP contribution >= 0.6 is 11.6 Å². The lowest BCUT2D eigenvalue weighted by Crippen LogP contribution is -2.47. The van der Waals surface area contributed by atoms with E-state index in [0.29, 0.717) is 12.3 Å². The molecule has 7 nitrogen and oxygen atoms in total. The summed E-state index contributed by atoms with van der Waals surface area (Å²) in [7, 11) is 0. The number of likely N-dealkylation sites (tertiary alicyclic amines) is 1. The van der Waals surface area contributed by atoms with Gasteiger partial charge in [-0.25, -0.2) is 9.78 Å². The number of piperidine rings is 1. The van der Waals surface area contributed by atoms with Gasteiger partial charge in [-0.2, -0.15) is 0 Å². The van der Waals surface area contributed by atoms with E-state index >= 15 is 0 Å². The molecule has 1 saturated carbocycles. The summed E-state index contributed by atoms with van der Waals surface area (Å²) < 4.78 is 5.43. The van der Waals surface area contributed by atoms with Crippen molar-refractivity contribution in [2.24, 2.45) is 5.92 Å². The molecule has 1 saturated heterocycles. The largest absolute Gasteiger partial charge is 0.444 e. The second kappa shape index (κ2) is 5.63. The van der Waals surface area contributed by atoms with Crippen LogP contribution < -0.4 is 5.32 Å². The molecule has 1 N–H and O–H groups in total. The van der Waals surface area contributed by atoms with E-state index in [1.807, 2.05) is 20.8 Å². The van der Waals surface area contributed by atoms with Crippen LogP contribution in [0.15, 0.2) is 12.4 Å². The van der Waals surface area contributed by atoms with Crippen LogP contribution in [-0.2, 0) is 9.53 Å². The Balaban J connectivity index is 1.71. The van der Waals surface area contributed by atoms with Crippen LogP contribution in [0.4, 0.5) is 10.6 Å². The third-order valence-corrected chi connectivity index (χ3v) is 4.05. The minimum absolute atomic E-state index is 0.103. The molecule has 1 aromatic rings. The molecule has 1 aromatic heterocycles. The van der Waals surface area contributed by atoms with Gasteiger partial charge in [0, 0.05) is 6.04 Å². The fourth-order valence-electron chi connectivity index (χ4n) is 2.88. The maximum absolute atomic E-state index is 12.5. The lowest BCUT2D eigenvalue weighted by molar-refractivity contribution is -0.121. The third kappa shape index (κ3) is 3.55. The lowest BCUT2D eigenvalue weighted by atomic mass is 10.1. The molecule has 0 aromatic carbocycles. The van der Waals surface area contributed by atoms with E-state index < -0.39 is 17.7 Å². The summed E-state index contributed by atoms with van der Waals surface area (Å²) in [6, 6.07) is -0.444. The first kappa shape index (κ1) is 16.0. The van der Waals surface area contributed by atoms with E-state index in [9.17, 15) is 9.59 Å². The van der Waals surface area contributed by atoms with E-state index in [1.54, 1.807) is 4.90 Å². The molecule has 8 heteroatoms. The molecule has 124 valence electrons. The van der Waals surface area contributed by atoms with Gasteiger partial charge in [-0.3, -0.25) is 14.7 Å². The first-order valence-electron chi connectivity index (χ1n) is 7.54. The first-order valence-corrected chi connectivity index (χ1v) is 7.92. The van der Waals surface area contributed by atoms with Crippen molar-refractivity contribution >= 4 is 29.4 Å². The van der Waals surface area contributed by atoms with E-state index in [1.165, 1.54) is 12.4 Å². The van der Waals surface area contributed by atoms with Crippen molar-refractivity contribution in [3.8, 4) is 0 Å². The Hall–Kier alpha value is -1.89. The number of rotatable bonds is 2. The van der Waals surface area contributed by atoms with Gasteiger partial charge in [0.2, 0.25) is 5.91 Å². The Kier molecular flexibility index (Phi) is 3.91. The molecule has 3 rings (SSSR count). The smallest absolute Gasteiger partial charge is 0.411 e. The maximum Gasteiger partial charge on any atom is 0.411 e. The Bertz CT molecular complexity index is 646. The molecule has 0 radical (unpaired) electrons. The van der Waals surface area contributed by atoms with Gasteiger partial charge in [-0.05, 0) is 39.5 Å². The number of carbonyl (C=O) groups is 2. The summed E-state index contributed by atoms with van der Waals surface area (Å²) >= 11 is 5.76. The molecule has 0 spiro atoms. The topological polar surface area (TPSA) is 84.4 Å². The molecular weight excluding hydrogens is 320 g/mol. The minimum atomic E-state index is -0.594. The number of anilines is 1. The fourth-order valence-corrected chi connectivity index (χ4v) is 3.03. The van der Waals surface area contributed by atoms with Crippen LogP contribution in [0.3, 0.4) is 0 Å². The van der Waals surface area contributed by atoms with Gasteiger partial charge in [-0.15, -0.1) is 0 Å². The monoisotopic (exact) mass is 338 g/mol. The van der Waals surface area contributed by atoms with Gasteiger partial charge in [0.1, 0.15) is 16.8 Å². The quantitative estimate of drug-likeness (QED) is 0.895. The fraction of sp³-hybridized carbons (Fsp3) is 0.600. The van der Waals surface area contributed by atoms with Crippen molar-refractivity contribution < 1.29 is 14.3 Å². The van der Waals surface area contributed by atoms with Crippen LogP contribution in [0, 0.1) is 5.92 Å². The average Bonchev–Trinajstić information content (AvgIpc) is 3.06. The van der Waals surface area contributed by atoms with Crippen molar-refractivity contribution in [3.63, 3.8) is 0 Å². The lowest BCUT2D eigenvalue weighted by Gasteiger charge is -2.29. The zero-order valence-corrected chi connectivity index (χ0v) is 14.0. The Morgan fingerprint density at radius 1 is 1.35 bits per heavy atom. The van der Waals surface area contributed by atoms with Crippen molar-refractivity contribution in [1.82, 2.24) is 14.9 Å². The zero-order valence-electron chi connectivity index (χ0n) is 13.2. The normalized spacial score (nSPS) is 25.7. The summed E-state index contributed by atoms with van der Waals surface area (Å²) in [5.74, 6) is 0.357. The highest BCUT2D eigenvalue weighted by atomic mass is 35.5. The van der Waals surface area contributed by atoms with Crippen molar-refractivity contribution in [2.45, 2.75) is 51.3 Å². The molecule has 2 heterocycles. The number of nitrogens with zero attached hydrogens (tertiary/aromatic N) is 3. The molecule has 2 fully saturated rings. The van der Waals surface area contributed by atoms with Crippen LogP contribution in [0.25, 0.3) is 0 Å². The maximum atomic E-state index is 12.5. The molecule has 1 aliphatic carbocycles. The van der Waals surface area contributed by atoms with Gasteiger partial charge < -0.3 is 10.1 Å². The zero-order chi connectivity index (χ0) is 16.8. The summed E-state index contributed by atoms with van der Waals surface area (Å²) in [6.07, 6.45) is 3.93. The molecule has 2 aliphatic rings. The van der Waals surface area contributed by atoms with Gasteiger partial charge in [0.15, 0.2) is 5.82 Å². The molecule has 0 unspecified atom stereocenters. The predicted octanol–water partition coefficient (Wildman–Crippen LogP) is 2.47. The highest BCUT2D eigenvalue weighted by Crippen LogP contribution is 2.48. The Morgan fingerprint density at radius 2 is 2.09 bits per heavy atom. The highest BCUT2D eigenvalue weighted by Gasteiger charge is 2.57. The van der Waals surface area contributed by atoms with Crippen LogP contribution in [-0.4, -0.2) is 44.6 Å². The van der Waals surface area contributed by atoms with Gasteiger partial charge >= 0.3 is 6.09 Å². The van der Waals surface area contributed by atoms with Crippen molar-refractivity contribution in [2.75, 3.05) is 5.32 Å². The SMILES string of the molecule is CC(C)(C)OC(=O)N1[C@@H](C(=O)Nc2cncc(Cl)n2)C[C@H]2C[C@H]21. The average molecular weight is 339 g/mol. The van der Waals surface area contributed by atoms with Crippen molar-refractivity contribution in [1.29, 1.82) is 0 Å². The van der Waals surface area contributed by atoms with Gasteiger partial charge in [0.05, 0.1) is 12.4 Å². The van der Waals surface area contributed by atoms with Crippen LogP contribution in [0.1, 0.15) is 33.6 Å². The van der Waals surface area contributed by atoms with Gasteiger partial charge in [-0.1, -0.05) is 11.6 Å². The Labute approximate surface area is 139 Å². The van der Waals surface area contributed by atoms with E-state index in [2.05, 4.69) is 15.3 Å². The number of halogens is 1. The van der Waals surface area contributed by atoms with E-state index in [-0.39, 0.29) is 22.9 Å². The summed E-state index contributed by atoms with van der Waals surface area (Å²) in [6.45, 7) is 5.42. The second-order valence-corrected chi connectivity index (χ2v) is 7.31.